The molecule has 0 spiro atoms. The van der Waals surface area contributed by atoms with E-state index in [1.807, 2.05) is 22.8 Å². The van der Waals surface area contributed by atoms with Crippen molar-refractivity contribution in [2.75, 3.05) is 20.8 Å². The van der Waals surface area contributed by atoms with Crippen LogP contribution in [0, 0.1) is 6.92 Å². The van der Waals surface area contributed by atoms with Gasteiger partial charge in [-0.05, 0) is 36.7 Å². The van der Waals surface area contributed by atoms with Crippen LogP contribution in [-0.4, -0.2) is 40.9 Å². The van der Waals surface area contributed by atoms with E-state index in [4.69, 9.17) is 9.47 Å². The number of aromatic nitrogens is 3. The number of thiazole rings is 1. The van der Waals surface area contributed by atoms with Crippen LogP contribution in [0.15, 0.2) is 23.2 Å². The molecule has 1 amide bonds. The molecular formula is C15H16N4O3S2. The van der Waals surface area contributed by atoms with E-state index in [1.165, 1.54) is 11.3 Å². The highest BCUT2D eigenvalue weighted by atomic mass is 32.1. The Morgan fingerprint density at radius 3 is 2.88 bits per heavy atom. The molecule has 0 aliphatic carbocycles. The smallest absolute Gasteiger partial charge is 0.293 e. The first-order valence-electron chi connectivity index (χ1n) is 7.18. The molecular weight excluding hydrogens is 348 g/mol. The third kappa shape index (κ3) is 3.23. The summed E-state index contributed by atoms with van der Waals surface area (Å²) in [5, 5.41) is 3.86. The monoisotopic (exact) mass is 364 g/mol. The molecule has 0 saturated heterocycles. The second-order valence-electron chi connectivity index (χ2n) is 4.97. The van der Waals surface area contributed by atoms with Gasteiger partial charge in [0.2, 0.25) is 0 Å². The van der Waals surface area contributed by atoms with E-state index in [0.717, 1.165) is 27.5 Å². The van der Waals surface area contributed by atoms with Crippen molar-refractivity contribution in [3.05, 3.63) is 33.6 Å². The molecule has 0 radical (unpaired) electrons. The standard InChI is InChI=1S/C15H16N4O3S2/c1-9-13(24-18-17-9)14(20)16-15-19(6-7-21-2)11-5-4-10(22-3)8-12(11)23-15/h4-5,8H,6-7H2,1-3H3. The minimum absolute atomic E-state index is 0.327. The number of methoxy groups -OCH3 is 2. The van der Waals surface area contributed by atoms with Crippen molar-refractivity contribution in [1.29, 1.82) is 0 Å². The minimum atomic E-state index is -0.327. The number of nitrogens with zero attached hydrogens (tertiary/aromatic N) is 4. The SMILES string of the molecule is COCCn1c(=NC(=O)c2snnc2C)sc2cc(OC)ccc21. The third-order valence-electron chi connectivity index (χ3n) is 3.45. The van der Waals surface area contributed by atoms with Crippen LogP contribution in [0.5, 0.6) is 5.75 Å². The van der Waals surface area contributed by atoms with Gasteiger partial charge in [-0.15, -0.1) is 5.10 Å². The van der Waals surface area contributed by atoms with Crippen LogP contribution in [0.3, 0.4) is 0 Å². The molecule has 0 atom stereocenters. The van der Waals surface area contributed by atoms with Gasteiger partial charge in [-0.3, -0.25) is 4.79 Å². The quantitative estimate of drug-likeness (QED) is 0.694. The van der Waals surface area contributed by atoms with Crippen molar-refractivity contribution >= 4 is 39.0 Å². The summed E-state index contributed by atoms with van der Waals surface area (Å²) in [5.41, 5.74) is 1.59. The molecule has 24 heavy (non-hydrogen) atoms. The maximum Gasteiger partial charge on any atom is 0.293 e. The van der Waals surface area contributed by atoms with Crippen LogP contribution in [0.4, 0.5) is 0 Å². The number of hydrogen-bond donors (Lipinski definition) is 0. The van der Waals surface area contributed by atoms with Crippen LogP contribution in [0.2, 0.25) is 0 Å². The lowest BCUT2D eigenvalue weighted by Gasteiger charge is -2.04. The van der Waals surface area contributed by atoms with E-state index in [0.29, 0.717) is 28.5 Å². The predicted octanol–water partition coefficient (Wildman–Crippen LogP) is 2.26. The van der Waals surface area contributed by atoms with E-state index >= 15 is 0 Å². The van der Waals surface area contributed by atoms with Crippen molar-refractivity contribution in [1.82, 2.24) is 14.2 Å². The normalized spacial score (nSPS) is 12.0. The van der Waals surface area contributed by atoms with Gasteiger partial charge >= 0.3 is 0 Å². The fraction of sp³-hybridized carbons (Fsp3) is 0.333. The Labute approximate surface area is 146 Å². The number of ether oxygens (including phenoxy) is 2. The number of amides is 1. The molecule has 0 N–H and O–H groups in total. The average Bonchev–Trinajstić information content (AvgIpc) is 3.15. The molecule has 0 unspecified atom stereocenters. The summed E-state index contributed by atoms with van der Waals surface area (Å²) < 4.78 is 17.2. The summed E-state index contributed by atoms with van der Waals surface area (Å²) >= 11 is 2.50. The Balaban J connectivity index is 2.12. The molecule has 3 aromatic rings. The van der Waals surface area contributed by atoms with Crippen molar-refractivity contribution in [2.45, 2.75) is 13.5 Å². The first-order chi connectivity index (χ1) is 11.6. The van der Waals surface area contributed by atoms with Gasteiger partial charge < -0.3 is 14.0 Å². The minimum Gasteiger partial charge on any atom is -0.497 e. The summed E-state index contributed by atoms with van der Waals surface area (Å²) in [7, 11) is 3.27. The zero-order chi connectivity index (χ0) is 17.1. The number of hydrogen-bond acceptors (Lipinski definition) is 7. The number of carbonyl (C=O) groups excluding carboxylic acids is 1. The molecule has 0 fully saturated rings. The molecule has 0 aliphatic rings. The summed E-state index contributed by atoms with van der Waals surface area (Å²) in [6, 6.07) is 5.79. The maximum atomic E-state index is 12.4. The van der Waals surface area contributed by atoms with Crippen molar-refractivity contribution in [3.63, 3.8) is 0 Å². The van der Waals surface area contributed by atoms with Crippen LogP contribution in [-0.2, 0) is 11.3 Å². The van der Waals surface area contributed by atoms with Gasteiger partial charge in [0.05, 0.1) is 29.6 Å². The molecule has 2 heterocycles. The van der Waals surface area contributed by atoms with Crippen LogP contribution < -0.4 is 9.54 Å². The molecule has 0 bridgehead atoms. The lowest BCUT2D eigenvalue weighted by atomic mass is 10.3. The fourth-order valence-corrected chi connectivity index (χ4v) is 3.85. The van der Waals surface area contributed by atoms with E-state index < -0.39 is 0 Å². The van der Waals surface area contributed by atoms with Crippen molar-refractivity contribution < 1.29 is 14.3 Å². The number of fused-ring (bicyclic) bond motifs is 1. The first-order valence-corrected chi connectivity index (χ1v) is 8.77. The van der Waals surface area contributed by atoms with Crippen molar-refractivity contribution in [3.8, 4) is 5.75 Å². The average molecular weight is 364 g/mol. The first kappa shape index (κ1) is 16.7. The summed E-state index contributed by atoms with van der Waals surface area (Å²) in [6.45, 7) is 2.89. The molecule has 3 rings (SSSR count). The van der Waals surface area contributed by atoms with Crippen molar-refractivity contribution in [2.24, 2.45) is 4.99 Å². The Bertz CT molecular complexity index is 942. The van der Waals surface area contributed by atoms with E-state index in [2.05, 4.69) is 14.6 Å². The molecule has 7 nitrogen and oxygen atoms in total. The molecule has 1 aromatic carbocycles. The van der Waals surface area contributed by atoms with E-state index in [-0.39, 0.29) is 5.91 Å². The lowest BCUT2D eigenvalue weighted by Crippen LogP contribution is -2.19. The zero-order valence-corrected chi connectivity index (χ0v) is 15.1. The highest BCUT2D eigenvalue weighted by Crippen LogP contribution is 2.23. The van der Waals surface area contributed by atoms with Gasteiger partial charge in [-0.25, -0.2) is 0 Å². The van der Waals surface area contributed by atoms with Crippen LogP contribution in [0.25, 0.3) is 10.2 Å². The fourth-order valence-electron chi connectivity index (χ4n) is 2.23. The van der Waals surface area contributed by atoms with E-state index in [9.17, 15) is 4.79 Å². The van der Waals surface area contributed by atoms with Gasteiger partial charge in [0.25, 0.3) is 5.91 Å². The Hall–Kier alpha value is -2.10. The number of aryl methyl sites for hydroxylation is 1. The predicted molar refractivity (Wildman–Crippen MR) is 92.8 cm³/mol. The molecule has 0 saturated carbocycles. The number of rotatable bonds is 5. The second-order valence-corrected chi connectivity index (χ2v) is 6.73. The highest BCUT2D eigenvalue weighted by molar-refractivity contribution is 7.16. The van der Waals surface area contributed by atoms with Crippen LogP contribution in [0.1, 0.15) is 15.4 Å². The topological polar surface area (TPSA) is 78.6 Å². The maximum absolute atomic E-state index is 12.4. The Kier molecular flexibility index (Phi) is 5.03. The molecule has 126 valence electrons. The Morgan fingerprint density at radius 1 is 1.38 bits per heavy atom. The van der Waals surface area contributed by atoms with Crippen LogP contribution >= 0.6 is 22.9 Å². The second kappa shape index (κ2) is 7.20. The van der Waals surface area contributed by atoms with Gasteiger partial charge in [0.15, 0.2) is 4.80 Å². The summed E-state index contributed by atoms with van der Waals surface area (Å²) in [6.07, 6.45) is 0. The lowest BCUT2D eigenvalue weighted by molar-refractivity contribution is 0.100. The largest absolute Gasteiger partial charge is 0.497 e. The third-order valence-corrected chi connectivity index (χ3v) is 5.31. The van der Waals surface area contributed by atoms with Gasteiger partial charge in [0.1, 0.15) is 10.6 Å². The Morgan fingerprint density at radius 2 is 2.21 bits per heavy atom. The zero-order valence-electron chi connectivity index (χ0n) is 13.5. The van der Waals surface area contributed by atoms with E-state index in [1.54, 1.807) is 21.1 Å². The molecule has 0 aliphatic heterocycles. The molecule has 9 heteroatoms. The number of carbonyl (C=O) groups is 1. The highest BCUT2D eigenvalue weighted by Gasteiger charge is 2.14. The van der Waals surface area contributed by atoms with Gasteiger partial charge in [0, 0.05) is 13.7 Å². The summed E-state index contributed by atoms with van der Waals surface area (Å²) in [5.74, 6) is 0.440. The molecule has 2 aromatic heterocycles. The van der Waals surface area contributed by atoms with Gasteiger partial charge in [-0.1, -0.05) is 15.8 Å². The number of benzene rings is 1. The van der Waals surface area contributed by atoms with Gasteiger partial charge in [-0.2, -0.15) is 4.99 Å². The summed E-state index contributed by atoms with van der Waals surface area (Å²) in [4.78, 5) is 17.8.